The highest BCUT2D eigenvalue weighted by Crippen LogP contribution is 2.27. The molecule has 1 atom stereocenters. The van der Waals surface area contributed by atoms with Crippen LogP contribution in [0.15, 0.2) is 97.1 Å². The Hall–Kier alpha value is -3.84. The highest BCUT2D eigenvalue weighted by molar-refractivity contribution is 7.92. The number of carbonyl (C=O) groups excluding carboxylic acids is 1. The maximum Gasteiger partial charge on any atom is 0.247 e. The molecule has 0 spiro atoms. The van der Waals surface area contributed by atoms with E-state index in [1.54, 1.807) is 37.3 Å². The van der Waals surface area contributed by atoms with E-state index in [-0.39, 0.29) is 0 Å². The quantitative estimate of drug-likeness (QED) is 0.399. The largest absolute Gasteiger partial charge is 0.457 e. The Labute approximate surface area is 193 Å². The fourth-order valence-corrected chi connectivity index (χ4v) is 4.78. The molecular formula is C26H24N2O4S. The van der Waals surface area contributed by atoms with Crippen LogP contribution in [0.5, 0.6) is 11.5 Å². The third-order valence-corrected chi connectivity index (χ3v) is 6.42. The molecule has 0 saturated carbocycles. The van der Waals surface area contributed by atoms with Gasteiger partial charge in [-0.2, -0.15) is 0 Å². The zero-order chi connectivity index (χ0) is 23.4. The van der Waals surface area contributed by atoms with E-state index < -0.39 is 22.0 Å². The van der Waals surface area contributed by atoms with Gasteiger partial charge in [0.25, 0.3) is 0 Å². The van der Waals surface area contributed by atoms with Crippen LogP contribution in [0.4, 0.5) is 11.4 Å². The van der Waals surface area contributed by atoms with Crippen LogP contribution >= 0.6 is 0 Å². The van der Waals surface area contributed by atoms with Crippen LogP contribution in [0.2, 0.25) is 0 Å². The molecule has 0 heterocycles. The van der Waals surface area contributed by atoms with Gasteiger partial charge >= 0.3 is 0 Å². The summed E-state index contributed by atoms with van der Waals surface area (Å²) in [4.78, 5) is 13.0. The molecule has 0 unspecified atom stereocenters. The van der Waals surface area contributed by atoms with Gasteiger partial charge in [0.2, 0.25) is 15.9 Å². The highest BCUT2D eigenvalue weighted by Gasteiger charge is 2.29. The summed E-state index contributed by atoms with van der Waals surface area (Å²) < 4.78 is 32.1. The minimum Gasteiger partial charge on any atom is -0.457 e. The van der Waals surface area contributed by atoms with Crippen LogP contribution in [0.3, 0.4) is 0 Å². The molecule has 0 saturated heterocycles. The van der Waals surface area contributed by atoms with Crippen molar-refractivity contribution in [1.29, 1.82) is 0 Å². The van der Waals surface area contributed by atoms with E-state index >= 15 is 0 Å². The second-order valence-electron chi connectivity index (χ2n) is 7.69. The Morgan fingerprint density at radius 3 is 2.09 bits per heavy atom. The summed E-state index contributed by atoms with van der Waals surface area (Å²) >= 11 is 0. The van der Waals surface area contributed by atoms with Crippen LogP contribution in [-0.2, 0) is 14.8 Å². The van der Waals surface area contributed by atoms with Gasteiger partial charge in [0, 0.05) is 5.69 Å². The van der Waals surface area contributed by atoms with Crippen LogP contribution in [0, 0.1) is 0 Å². The van der Waals surface area contributed by atoms with Gasteiger partial charge in [-0.3, -0.25) is 9.10 Å². The van der Waals surface area contributed by atoms with Crippen molar-refractivity contribution in [2.24, 2.45) is 0 Å². The van der Waals surface area contributed by atoms with E-state index in [0.717, 1.165) is 21.3 Å². The number of hydrogen-bond donors (Lipinski definition) is 1. The molecule has 33 heavy (non-hydrogen) atoms. The fraction of sp³-hybridized carbons (Fsp3) is 0.115. The van der Waals surface area contributed by atoms with Crippen molar-refractivity contribution in [2.75, 3.05) is 15.9 Å². The predicted molar refractivity (Wildman–Crippen MR) is 132 cm³/mol. The number of fused-ring (bicyclic) bond motifs is 1. The lowest BCUT2D eigenvalue weighted by molar-refractivity contribution is -0.116. The number of benzene rings is 4. The van der Waals surface area contributed by atoms with Crippen molar-refractivity contribution in [3.63, 3.8) is 0 Å². The lowest BCUT2D eigenvalue weighted by Gasteiger charge is -2.28. The summed E-state index contributed by atoms with van der Waals surface area (Å²) in [6.07, 6.45) is 1.08. The molecule has 0 aliphatic carbocycles. The number of amides is 1. The lowest BCUT2D eigenvalue weighted by Crippen LogP contribution is -2.45. The fourth-order valence-electron chi connectivity index (χ4n) is 3.61. The molecule has 6 nitrogen and oxygen atoms in total. The van der Waals surface area contributed by atoms with E-state index in [4.69, 9.17) is 4.74 Å². The first-order chi connectivity index (χ1) is 15.8. The number of carbonyl (C=O) groups is 1. The summed E-state index contributed by atoms with van der Waals surface area (Å²) in [5.74, 6) is 0.806. The van der Waals surface area contributed by atoms with E-state index in [1.807, 2.05) is 66.7 Å². The Morgan fingerprint density at radius 2 is 1.42 bits per heavy atom. The smallest absolute Gasteiger partial charge is 0.247 e. The van der Waals surface area contributed by atoms with Crippen molar-refractivity contribution in [2.45, 2.75) is 13.0 Å². The zero-order valence-corrected chi connectivity index (χ0v) is 19.1. The molecule has 0 radical (unpaired) electrons. The Balaban J connectivity index is 1.54. The van der Waals surface area contributed by atoms with Gasteiger partial charge in [0.15, 0.2) is 0 Å². The SMILES string of the molecule is C[C@H](C(=O)Nc1ccc2ccccc2c1)N(c1ccc(Oc2ccccc2)cc1)S(C)(=O)=O. The Kier molecular flexibility index (Phi) is 6.33. The van der Waals surface area contributed by atoms with Crippen molar-refractivity contribution < 1.29 is 17.9 Å². The average molecular weight is 461 g/mol. The summed E-state index contributed by atoms with van der Waals surface area (Å²) in [5, 5.41) is 4.87. The van der Waals surface area contributed by atoms with Gasteiger partial charge in [-0.25, -0.2) is 8.42 Å². The first-order valence-corrected chi connectivity index (χ1v) is 12.3. The molecule has 1 amide bonds. The van der Waals surface area contributed by atoms with Gasteiger partial charge in [-0.1, -0.05) is 48.5 Å². The van der Waals surface area contributed by atoms with Crippen molar-refractivity contribution >= 4 is 38.1 Å². The summed E-state index contributed by atoms with van der Waals surface area (Å²) in [5.41, 5.74) is 0.977. The van der Waals surface area contributed by atoms with Crippen LogP contribution in [-0.4, -0.2) is 26.6 Å². The molecule has 0 bridgehead atoms. The molecule has 0 aliphatic heterocycles. The van der Waals surface area contributed by atoms with Gasteiger partial charge in [-0.15, -0.1) is 0 Å². The average Bonchev–Trinajstić information content (AvgIpc) is 2.80. The monoisotopic (exact) mass is 460 g/mol. The first-order valence-electron chi connectivity index (χ1n) is 10.4. The van der Waals surface area contributed by atoms with E-state index in [0.29, 0.717) is 22.9 Å². The number of nitrogens with one attached hydrogen (secondary N) is 1. The first kappa shape index (κ1) is 22.4. The van der Waals surface area contributed by atoms with Crippen LogP contribution < -0.4 is 14.4 Å². The highest BCUT2D eigenvalue weighted by atomic mass is 32.2. The molecule has 4 aromatic rings. The molecule has 0 aromatic heterocycles. The second-order valence-corrected chi connectivity index (χ2v) is 9.55. The molecule has 0 fully saturated rings. The third kappa shape index (κ3) is 5.32. The maximum atomic E-state index is 13.0. The van der Waals surface area contributed by atoms with Crippen LogP contribution in [0.25, 0.3) is 10.8 Å². The molecule has 0 aliphatic rings. The number of ether oxygens (including phenoxy) is 1. The van der Waals surface area contributed by atoms with Gasteiger partial charge in [0.05, 0.1) is 11.9 Å². The number of hydrogen-bond acceptors (Lipinski definition) is 4. The molecule has 4 aromatic carbocycles. The minimum atomic E-state index is -3.73. The number of anilines is 2. The van der Waals surface area contributed by atoms with Crippen LogP contribution in [0.1, 0.15) is 6.92 Å². The molecule has 7 heteroatoms. The van der Waals surface area contributed by atoms with Crippen molar-refractivity contribution in [3.05, 3.63) is 97.1 Å². The van der Waals surface area contributed by atoms with E-state index in [1.165, 1.54) is 0 Å². The molecular weight excluding hydrogens is 436 g/mol. The summed E-state index contributed by atoms with van der Waals surface area (Å²) in [6, 6.07) is 28.3. The number of nitrogens with zero attached hydrogens (tertiary/aromatic N) is 1. The van der Waals surface area contributed by atoms with Gasteiger partial charge in [-0.05, 0) is 66.2 Å². The van der Waals surface area contributed by atoms with Gasteiger partial charge in [0.1, 0.15) is 17.5 Å². The summed E-state index contributed by atoms with van der Waals surface area (Å²) in [6.45, 7) is 1.56. The zero-order valence-electron chi connectivity index (χ0n) is 18.3. The number of para-hydroxylation sites is 1. The molecule has 168 valence electrons. The standard InChI is InChI=1S/C26H24N2O4S/c1-19(26(29)27-22-13-12-20-8-6-7-9-21(20)18-22)28(33(2,30)31)23-14-16-25(17-15-23)32-24-10-4-3-5-11-24/h3-19H,1-2H3,(H,27,29)/t19-/m1/s1. The van der Waals surface area contributed by atoms with E-state index in [2.05, 4.69) is 5.32 Å². The van der Waals surface area contributed by atoms with Gasteiger partial charge < -0.3 is 10.1 Å². The predicted octanol–water partition coefficient (Wildman–Crippen LogP) is 5.43. The Bertz CT molecular complexity index is 1370. The number of rotatable bonds is 7. The molecule has 4 rings (SSSR count). The second kappa shape index (κ2) is 9.34. The minimum absolute atomic E-state index is 0.374. The molecule has 1 N–H and O–H groups in total. The van der Waals surface area contributed by atoms with E-state index in [9.17, 15) is 13.2 Å². The van der Waals surface area contributed by atoms with Crippen molar-refractivity contribution in [1.82, 2.24) is 0 Å². The topological polar surface area (TPSA) is 75.7 Å². The third-order valence-electron chi connectivity index (χ3n) is 5.18. The maximum absolute atomic E-state index is 13.0. The lowest BCUT2D eigenvalue weighted by atomic mass is 10.1. The normalized spacial score (nSPS) is 12.2. The Morgan fingerprint density at radius 1 is 0.818 bits per heavy atom. The van der Waals surface area contributed by atoms with Crippen molar-refractivity contribution in [3.8, 4) is 11.5 Å². The summed E-state index contributed by atoms with van der Waals surface area (Å²) in [7, 11) is -3.73. The number of sulfonamides is 1.